The zero-order valence-electron chi connectivity index (χ0n) is 18.6. The highest BCUT2D eigenvalue weighted by atomic mass is 16.6. The van der Waals surface area contributed by atoms with Gasteiger partial charge in [-0.15, -0.1) is 0 Å². The van der Waals surface area contributed by atoms with Gasteiger partial charge in [0.15, 0.2) is 11.5 Å². The number of nitrogens with zero attached hydrogens (tertiary/aromatic N) is 1. The lowest BCUT2D eigenvalue weighted by Gasteiger charge is -2.47. The summed E-state index contributed by atoms with van der Waals surface area (Å²) in [6, 6.07) is 17.3. The molecule has 0 N–H and O–H groups in total. The molecule has 2 aliphatic rings. The second-order valence-electron chi connectivity index (χ2n) is 8.57. The van der Waals surface area contributed by atoms with Gasteiger partial charge in [-0.2, -0.15) is 0 Å². The number of carbonyl (C=O) groups excluding carboxylic acids is 2. The van der Waals surface area contributed by atoms with E-state index in [1.807, 2.05) is 59.5 Å². The van der Waals surface area contributed by atoms with Gasteiger partial charge in [0.25, 0.3) is 0 Å². The third-order valence-corrected chi connectivity index (χ3v) is 6.52. The second kappa shape index (κ2) is 10.5. The molecule has 6 heteroatoms. The molecule has 0 saturated carbocycles. The molecule has 2 atom stereocenters. The molecule has 32 heavy (non-hydrogen) atoms. The third-order valence-electron chi connectivity index (χ3n) is 6.52. The van der Waals surface area contributed by atoms with Crippen molar-refractivity contribution >= 4 is 11.9 Å². The van der Waals surface area contributed by atoms with Crippen LogP contribution >= 0.6 is 0 Å². The Labute approximate surface area is 189 Å². The molecule has 0 aliphatic carbocycles. The SMILES string of the molecule is COc1ccccc1OCCC(=O)C1CC2CCCC(C1)N2C(=O)OCc1ccccc1. The van der Waals surface area contributed by atoms with Gasteiger partial charge in [0.2, 0.25) is 0 Å². The van der Waals surface area contributed by atoms with Gasteiger partial charge in [-0.05, 0) is 49.8 Å². The van der Waals surface area contributed by atoms with E-state index in [0.717, 1.165) is 24.8 Å². The zero-order chi connectivity index (χ0) is 22.3. The molecule has 0 aromatic heterocycles. The molecule has 1 amide bonds. The number of piperidine rings is 2. The number of para-hydroxylation sites is 2. The van der Waals surface area contributed by atoms with Crippen LogP contribution in [0.2, 0.25) is 0 Å². The van der Waals surface area contributed by atoms with E-state index >= 15 is 0 Å². The third kappa shape index (κ3) is 5.23. The molecule has 2 bridgehead atoms. The van der Waals surface area contributed by atoms with Gasteiger partial charge in [-0.25, -0.2) is 4.79 Å². The summed E-state index contributed by atoms with van der Waals surface area (Å²) in [4.78, 5) is 27.7. The first-order chi connectivity index (χ1) is 15.7. The van der Waals surface area contributed by atoms with Gasteiger partial charge < -0.3 is 19.1 Å². The van der Waals surface area contributed by atoms with Crippen molar-refractivity contribution in [3.8, 4) is 11.5 Å². The van der Waals surface area contributed by atoms with Gasteiger partial charge in [-0.1, -0.05) is 42.5 Å². The molecule has 0 spiro atoms. The summed E-state index contributed by atoms with van der Waals surface area (Å²) in [5.41, 5.74) is 0.978. The van der Waals surface area contributed by atoms with Crippen LogP contribution in [0.4, 0.5) is 4.79 Å². The highest BCUT2D eigenvalue weighted by Gasteiger charge is 2.43. The van der Waals surface area contributed by atoms with E-state index in [9.17, 15) is 9.59 Å². The minimum atomic E-state index is -0.256. The lowest BCUT2D eigenvalue weighted by atomic mass is 9.76. The minimum Gasteiger partial charge on any atom is -0.493 e. The number of ether oxygens (including phenoxy) is 3. The molecule has 6 nitrogen and oxygen atoms in total. The molecule has 2 fully saturated rings. The summed E-state index contributed by atoms with van der Waals surface area (Å²) >= 11 is 0. The Bertz CT molecular complexity index is 901. The summed E-state index contributed by atoms with van der Waals surface area (Å²) in [5, 5.41) is 0. The van der Waals surface area contributed by atoms with Gasteiger partial charge in [-0.3, -0.25) is 4.79 Å². The van der Waals surface area contributed by atoms with E-state index in [4.69, 9.17) is 14.2 Å². The monoisotopic (exact) mass is 437 g/mol. The fourth-order valence-corrected chi connectivity index (χ4v) is 4.94. The quantitative estimate of drug-likeness (QED) is 0.581. The molecule has 2 aromatic carbocycles. The predicted octanol–water partition coefficient (Wildman–Crippen LogP) is 5.00. The van der Waals surface area contributed by atoms with Crippen LogP contribution in [0.5, 0.6) is 11.5 Å². The summed E-state index contributed by atoms with van der Waals surface area (Å²) in [7, 11) is 1.60. The molecule has 0 radical (unpaired) electrons. The first-order valence-electron chi connectivity index (χ1n) is 11.4. The van der Waals surface area contributed by atoms with E-state index in [2.05, 4.69) is 0 Å². The zero-order valence-corrected chi connectivity index (χ0v) is 18.6. The molecule has 2 saturated heterocycles. The molecule has 2 unspecified atom stereocenters. The fraction of sp³-hybridized carbons (Fsp3) is 0.462. The molecule has 2 aromatic rings. The lowest BCUT2D eigenvalue weighted by Crippen LogP contribution is -2.55. The highest BCUT2D eigenvalue weighted by molar-refractivity contribution is 5.82. The smallest absolute Gasteiger partial charge is 0.410 e. The van der Waals surface area contributed by atoms with Crippen LogP contribution in [0.3, 0.4) is 0 Å². The maximum atomic E-state index is 12.9. The molecule has 4 rings (SSSR count). The first kappa shape index (κ1) is 22.2. The van der Waals surface area contributed by atoms with Crippen molar-refractivity contribution in [2.45, 2.75) is 57.2 Å². The van der Waals surface area contributed by atoms with Crippen molar-refractivity contribution in [2.24, 2.45) is 5.92 Å². The van der Waals surface area contributed by atoms with Crippen LogP contribution < -0.4 is 9.47 Å². The number of carbonyl (C=O) groups is 2. The molecule has 2 heterocycles. The van der Waals surface area contributed by atoms with Crippen LogP contribution in [0, 0.1) is 5.92 Å². The molecule has 170 valence electrons. The topological polar surface area (TPSA) is 65.1 Å². The van der Waals surface area contributed by atoms with Crippen molar-refractivity contribution in [3.63, 3.8) is 0 Å². The van der Waals surface area contributed by atoms with Gasteiger partial charge in [0.05, 0.1) is 13.7 Å². The van der Waals surface area contributed by atoms with E-state index in [1.54, 1.807) is 7.11 Å². The van der Waals surface area contributed by atoms with Crippen molar-refractivity contribution in [1.82, 2.24) is 4.90 Å². The summed E-state index contributed by atoms with van der Waals surface area (Å²) in [5.74, 6) is 1.51. The van der Waals surface area contributed by atoms with Crippen LogP contribution in [0.25, 0.3) is 0 Å². The number of fused-ring (bicyclic) bond motifs is 2. The number of benzene rings is 2. The Morgan fingerprint density at radius 2 is 1.59 bits per heavy atom. The van der Waals surface area contributed by atoms with Crippen molar-refractivity contribution in [1.29, 1.82) is 0 Å². The Hall–Kier alpha value is -3.02. The number of hydrogen-bond donors (Lipinski definition) is 0. The number of ketones is 1. The van der Waals surface area contributed by atoms with E-state index < -0.39 is 0 Å². The van der Waals surface area contributed by atoms with Crippen LogP contribution in [0.1, 0.15) is 44.1 Å². The minimum absolute atomic E-state index is 0.0234. The Morgan fingerprint density at radius 3 is 2.28 bits per heavy atom. The Balaban J connectivity index is 1.29. The number of amides is 1. The standard InChI is InChI=1S/C26H31NO5/c1-30-24-12-5-6-13-25(24)31-15-14-23(28)20-16-21-10-7-11-22(17-20)27(21)26(29)32-18-19-8-3-2-4-9-19/h2-6,8-9,12-13,20-22H,7,10-11,14-18H2,1H3. The predicted molar refractivity (Wildman–Crippen MR) is 121 cm³/mol. The van der Waals surface area contributed by atoms with Gasteiger partial charge in [0, 0.05) is 24.4 Å². The number of hydrogen-bond acceptors (Lipinski definition) is 5. The lowest BCUT2D eigenvalue weighted by molar-refractivity contribution is -0.127. The Kier molecular flexibility index (Phi) is 7.30. The number of rotatable bonds is 8. The summed E-state index contributed by atoms with van der Waals surface area (Å²) in [6.45, 7) is 0.603. The van der Waals surface area contributed by atoms with Crippen molar-refractivity contribution in [2.75, 3.05) is 13.7 Å². The van der Waals surface area contributed by atoms with E-state index in [0.29, 0.717) is 37.4 Å². The maximum absolute atomic E-state index is 12.9. The van der Waals surface area contributed by atoms with Crippen molar-refractivity contribution in [3.05, 3.63) is 60.2 Å². The second-order valence-corrected chi connectivity index (χ2v) is 8.57. The van der Waals surface area contributed by atoms with Crippen LogP contribution in [-0.2, 0) is 16.1 Å². The first-order valence-corrected chi connectivity index (χ1v) is 11.4. The van der Waals surface area contributed by atoms with Crippen LogP contribution in [-0.4, -0.2) is 42.6 Å². The van der Waals surface area contributed by atoms with E-state index in [-0.39, 0.29) is 36.5 Å². The van der Waals surface area contributed by atoms with Gasteiger partial charge in [0.1, 0.15) is 12.4 Å². The molecular weight excluding hydrogens is 406 g/mol. The number of Topliss-reactive ketones (excluding diaryl/α,β-unsaturated/α-hetero) is 1. The number of methoxy groups -OCH3 is 1. The fourth-order valence-electron chi connectivity index (χ4n) is 4.94. The molecule has 2 aliphatic heterocycles. The Morgan fingerprint density at radius 1 is 0.938 bits per heavy atom. The summed E-state index contributed by atoms with van der Waals surface area (Å²) < 4.78 is 16.7. The van der Waals surface area contributed by atoms with E-state index in [1.165, 1.54) is 0 Å². The summed E-state index contributed by atoms with van der Waals surface area (Å²) in [6.07, 6.45) is 4.48. The average molecular weight is 438 g/mol. The normalized spacial score (nSPS) is 22.2. The highest BCUT2D eigenvalue weighted by Crippen LogP contribution is 2.38. The maximum Gasteiger partial charge on any atom is 0.410 e. The van der Waals surface area contributed by atoms with Crippen LogP contribution in [0.15, 0.2) is 54.6 Å². The largest absolute Gasteiger partial charge is 0.493 e. The molecular formula is C26H31NO5. The average Bonchev–Trinajstić information content (AvgIpc) is 2.82. The van der Waals surface area contributed by atoms with Crippen molar-refractivity contribution < 1.29 is 23.8 Å². The van der Waals surface area contributed by atoms with Gasteiger partial charge >= 0.3 is 6.09 Å².